The standard InChI is InChI=1S/C24H26N2O4S/c1-18-7-13-23(14-8-18)31(28,29)26(21-9-11-22(30-3)12-10-21)17-24(27)25-16-20-6-4-5-19(2)15-20/h4-15H,16-17H2,1-3H3,(H,25,27). The van der Waals surface area contributed by atoms with Gasteiger partial charge in [0.05, 0.1) is 17.7 Å². The molecule has 0 saturated heterocycles. The average molecular weight is 439 g/mol. The van der Waals surface area contributed by atoms with Crippen LogP contribution in [0.2, 0.25) is 0 Å². The van der Waals surface area contributed by atoms with Gasteiger partial charge in [0.1, 0.15) is 12.3 Å². The largest absolute Gasteiger partial charge is 0.497 e. The number of hydrogen-bond donors (Lipinski definition) is 1. The van der Waals surface area contributed by atoms with Crippen molar-refractivity contribution >= 4 is 21.6 Å². The van der Waals surface area contributed by atoms with Crippen molar-refractivity contribution in [2.45, 2.75) is 25.3 Å². The number of carbonyl (C=O) groups excluding carboxylic acids is 1. The monoisotopic (exact) mass is 438 g/mol. The van der Waals surface area contributed by atoms with Crippen molar-refractivity contribution in [1.29, 1.82) is 0 Å². The number of methoxy groups -OCH3 is 1. The highest BCUT2D eigenvalue weighted by molar-refractivity contribution is 7.92. The number of nitrogens with one attached hydrogen (secondary N) is 1. The Morgan fingerprint density at radius 1 is 0.935 bits per heavy atom. The number of amides is 1. The zero-order valence-electron chi connectivity index (χ0n) is 17.8. The van der Waals surface area contributed by atoms with Crippen molar-refractivity contribution in [3.05, 3.63) is 89.5 Å². The van der Waals surface area contributed by atoms with Crippen LogP contribution in [0.4, 0.5) is 5.69 Å². The number of nitrogens with zero attached hydrogens (tertiary/aromatic N) is 1. The van der Waals surface area contributed by atoms with E-state index in [0.717, 1.165) is 21.0 Å². The van der Waals surface area contributed by atoms with Crippen LogP contribution in [0.25, 0.3) is 0 Å². The molecule has 0 aliphatic rings. The van der Waals surface area contributed by atoms with E-state index in [4.69, 9.17) is 4.74 Å². The molecule has 0 aliphatic heterocycles. The number of ether oxygens (including phenoxy) is 1. The lowest BCUT2D eigenvalue weighted by Gasteiger charge is -2.24. The predicted octanol–water partition coefficient (Wildman–Crippen LogP) is 3.82. The molecule has 0 spiro atoms. The number of carbonyl (C=O) groups is 1. The van der Waals surface area contributed by atoms with E-state index in [1.807, 2.05) is 38.1 Å². The van der Waals surface area contributed by atoms with Crippen LogP contribution in [0, 0.1) is 13.8 Å². The molecule has 0 atom stereocenters. The maximum Gasteiger partial charge on any atom is 0.264 e. The first-order valence-electron chi connectivity index (χ1n) is 9.85. The Kier molecular flexibility index (Phi) is 6.97. The summed E-state index contributed by atoms with van der Waals surface area (Å²) >= 11 is 0. The summed E-state index contributed by atoms with van der Waals surface area (Å²) in [5.41, 5.74) is 3.37. The average Bonchev–Trinajstić information content (AvgIpc) is 2.76. The minimum absolute atomic E-state index is 0.125. The summed E-state index contributed by atoms with van der Waals surface area (Å²) in [5.74, 6) is 0.202. The van der Waals surface area contributed by atoms with Crippen molar-refractivity contribution in [1.82, 2.24) is 5.32 Å². The van der Waals surface area contributed by atoms with Crippen molar-refractivity contribution in [3.8, 4) is 5.75 Å². The van der Waals surface area contributed by atoms with Crippen LogP contribution >= 0.6 is 0 Å². The number of hydrogen-bond acceptors (Lipinski definition) is 4. The summed E-state index contributed by atoms with van der Waals surface area (Å²) in [4.78, 5) is 12.8. The molecule has 7 heteroatoms. The molecule has 0 bridgehead atoms. The molecule has 3 aromatic rings. The van der Waals surface area contributed by atoms with E-state index >= 15 is 0 Å². The highest BCUT2D eigenvalue weighted by Crippen LogP contribution is 2.26. The van der Waals surface area contributed by atoms with Gasteiger partial charge in [0, 0.05) is 6.54 Å². The van der Waals surface area contributed by atoms with E-state index in [-0.39, 0.29) is 11.4 Å². The SMILES string of the molecule is COc1ccc(N(CC(=O)NCc2cccc(C)c2)S(=O)(=O)c2ccc(C)cc2)cc1. The molecule has 0 unspecified atom stereocenters. The minimum Gasteiger partial charge on any atom is -0.497 e. The third kappa shape index (κ3) is 5.64. The maximum atomic E-state index is 13.4. The van der Waals surface area contributed by atoms with Gasteiger partial charge in [0.15, 0.2) is 0 Å². The van der Waals surface area contributed by atoms with Crippen LogP contribution in [0.1, 0.15) is 16.7 Å². The molecule has 1 N–H and O–H groups in total. The minimum atomic E-state index is -3.94. The van der Waals surface area contributed by atoms with E-state index in [1.54, 1.807) is 48.5 Å². The van der Waals surface area contributed by atoms with Gasteiger partial charge in [-0.15, -0.1) is 0 Å². The number of aryl methyl sites for hydroxylation is 2. The second kappa shape index (κ2) is 9.66. The molecule has 1 amide bonds. The quantitative estimate of drug-likeness (QED) is 0.580. The fourth-order valence-corrected chi connectivity index (χ4v) is 4.53. The van der Waals surface area contributed by atoms with E-state index in [2.05, 4.69) is 5.32 Å². The summed E-state index contributed by atoms with van der Waals surface area (Å²) in [6, 6.07) is 20.9. The Hall–Kier alpha value is -3.32. The van der Waals surface area contributed by atoms with E-state index in [1.165, 1.54) is 7.11 Å². The van der Waals surface area contributed by atoms with Gasteiger partial charge < -0.3 is 10.1 Å². The van der Waals surface area contributed by atoms with Gasteiger partial charge in [-0.1, -0.05) is 47.5 Å². The van der Waals surface area contributed by atoms with Crippen LogP contribution in [0.3, 0.4) is 0 Å². The van der Waals surface area contributed by atoms with Crippen molar-refractivity contribution < 1.29 is 17.9 Å². The van der Waals surface area contributed by atoms with E-state index < -0.39 is 15.9 Å². The zero-order valence-corrected chi connectivity index (χ0v) is 18.6. The predicted molar refractivity (Wildman–Crippen MR) is 122 cm³/mol. The Morgan fingerprint density at radius 3 is 2.23 bits per heavy atom. The lowest BCUT2D eigenvalue weighted by molar-refractivity contribution is -0.119. The van der Waals surface area contributed by atoms with Gasteiger partial charge >= 0.3 is 0 Å². The Bertz CT molecular complexity index is 1140. The summed E-state index contributed by atoms with van der Waals surface area (Å²) in [5, 5.41) is 2.81. The van der Waals surface area contributed by atoms with Crippen LogP contribution in [0.15, 0.2) is 77.7 Å². The number of benzene rings is 3. The first kappa shape index (κ1) is 22.4. The highest BCUT2D eigenvalue weighted by atomic mass is 32.2. The Morgan fingerprint density at radius 2 is 1.61 bits per heavy atom. The number of rotatable bonds is 8. The van der Waals surface area contributed by atoms with Crippen molar-refractivity contribution in [2.75, 3.05) is 18.0 Å². The molecule has 0 heterocycles. The third-order valence-corrected chi connectivity index (χ3v) is 6.62. The molecule has 0 aromatic heterocycles. The Labute approximate surface area is 183 Å². The van der Waals surface area contributed by atoms with Crippen molar-refractivity contribution in [2.24, 2.45) is 0 Å². The fourth-order valence-electron chi connectivity index (χ4n) is 3.11. The summed E-state index contributed by atoms with van der Waals surface area (Å²) in [7, 11) is -2.41. The van der Waals surface area contributed by atoms with Crippen LogP contribution in [-0.4, -0.2) is 28.0 Å². The molecule has 3 rings (SSSR count). The number of anilines is 1. The van der Waals surface area contributed by atoms with Crippen LogP contribution < -0.4 is 14.4 Å². The van der Waals surface area contributed by atoms with Gasteiger partial charge in [0.25, 0.3) is 10.0 Å². The molecule has 3 aromatic carbocycles. The van der Waals surface area contributed by atoms with E-state index in [0.29, 0.717) is 18.0 Å². The highest BCUT2D eigenvalue weighted by Gasteiger charge is 2.27. The normalized spacial score (nSPS) is 11.1. The van der Waals surface area contributed by atoms with Gasteiger partial charge in [-0.2, -0.15) is 0 Å². The molecule has 6 nitrogen and oxygen atoms in total. The second-order valence-electron chi connectivity index (χ2n) is 7.29. The molecular weight excluding hydrogens is 412 g/mol. The maximum absolute atomic E-state index is 13.4. The first-order chi connectivity index (χ1) is 14.8. The summed E-state index contributed by atoms with van der Waals surface area (Å²) < 4.78 is 33.0. The topological polar surface area (TPSA) is 75.7 Å². The van der Waals surface area contributed by atoms with Gasteiger partial charge in [-0.05, 0) is 55.8 Å². The van der Waals surface area contributed by atoms with Gasteiger partial charge in [-0.25, -0.2) is 8.42 Å². The Balaban J connectivity index is 1.86. The fraction of sp³-hybridized carbons (Fsp3) is 0.208. The summed E-state index contributed by atoms with van der Waals surface area (Å²) in [6.07, 6.45) is 0. The zero-order chi connectivity index (χ0) is 22.4. The lowest BCUT2D eigenvalue weighted by Crippen LogP contribution is -2.40. The molecule has 0 fully saturated rings. The lowest BCUT2D eigenvalue weighted by atomic mass is 10.1. The van der Waals surface area contributed by atoms with Crippen LogP contribution in [-0.2, 0) is 21.4 Å². The molecule has 0 radical (unpaired) electrons. The van der Waals surface area contributed by atoms with Crippen molar-refractivity contribution in [3.63, 3.8) is 0 Å². The van der Waals surface area contributed by atoms with E-state index in [9.17, 15) is 13.2 Å². The molecule has 0 saturated carbocycles. The molecule has 162 valence electrons. The van der Waals surface area contributed by atoms with Gasteiger partial charge in [0.2, 0.25) is 5.91 Å². The molecular formula is C24H26N2O4S. The number of sulfonamides is 1. The van der Waals surface area contributed by atoms with Crippen LogP contribution in [0.5, 0.6) is 5.75 Å². The third-order valence-electron chi connectivity index (χ3n) is 4.83. The first-order valence-corrected chi connectivity index (χ1v) is 11.3. The van der Waals surface area contributed by atoms with Gasteiger partial charge in [-0.3, -0.25) is 9.10 Å². The molecule has 31 heavy (non-hydrogen) atoms. The molecule has 0 aliphatic carbocycles. The smallest absolute Gasteiger partial charge is 0.264 e. The summed E-state index contributed by atoms with van der Waals surface area (Å²) in [6.45, 7) is 3.84. The second-order valence-corrected chi connectivity index (χ2v) is 9.15.